The Hall–Kier alpha value is -1.48. The summed E-state index contributed by atoms with van der Waals surface area (Å²) in [4.78, 5) is 25.7. The van der Waals surface area contributed by atoms with Gasteiger partial charge in [-0.15, -0.1) is 12.4 Å². The van der Waals surface area contributed by atoms with Gasteiger partial charge in [-0.25, -0.2) is 4.79 Å². The van der Waals surface area contributed by atoms with Crippen LogP contribution in [0.2, 0.25) is 0 Å². The van der Waals surface area contributed by atoms with Crippen LogP contribution in [-0.4, -0.2) is 42.3 Å². The van der Waals surface area contributed by atoms with Gasteiger partial charge in [-0.1, -0.05) is 0 Å². The highest BCUT2D eigenvalue weighted by Crippen LogP contribution is 2.36. The summed E-state index contributed by atoms with van der Waals surface area (Å²) in [7, 11) is 0. The molecule has 0 radical (unpaired) electrons. The average Bonchev–Trinajstić information content (AvgIpc) is 2.38. The topological polar surface area (TPSA) is 79.6 Å². The second-order valence-corrected chi connectivity index (χ2v) is 6.30. The van der Waals surface area contributed by atoms with Gasteiger partial charge in [-0.05, 0) is 40.5 Å². The normalized spacial score (nSPS) is 17.0. The Labute approximate surface area is 138 Å². The number of amides is 1. The molecule has 0 atom stereocenters. The molecule has 6 nitrogen and oxygen atoms in total. The van der Waals surface area contributed by atoms with Gasteiger partial charge in [0, 0.05) is 13.1 Å². The molecular weight excluding hydrogens is 308 g/mol. The molecule has 0 aromatic heterocycles. The van der Waals surface area contributed by atoms with E-state index in [4.69, 9.17) is 14.7 Å². The average molecular weight is 333 g/mol. The van der Waals surface area contributed by atoms with Crippen molar-refractivity contribution in [3.8, 4) is 6.07 Å². The summed E-state index contributed by atoms with van der Waals surface area (Å²) < 4.78 is 10.4. The van der Waals surface area contributed by atoms with E-state index in [9.17, 15) is 9.59 Å². The van der Waals surface area contributed by atoms with Gasteiger partial charge in [0.15, 0.2) is 0 Å². The molecule has 1 rings (SSSR count). The number of halogens is 1. The van der Waals surface area contributed by atoms with E-state index < -0.39 is 11.0 Å². The van der Waals surface area contributed by atoms with Crippen molar-refractivity contribution in [2.24, 2.45) is 5.41 Å². The molecular formula is C15H25ClN2O4. The molecule has 1 saturated heterocycles. The summed E-state index contributed by atoms with van der Waals surface area (Å²) in [6.45, 7) is 8.27. The lowest BCUT2D eigenvalue weighted by atomic mass is 9.76. The molecule has 0 saturated carbocycles. The van der Waals surface area contributed by atoms with Gasteiger partial charge in [-0.2, -0.15) is 5.26 Å². The number of nitrogens with zero attached hydrogens (tertiary/aromatic N) is 2. The fourth-order valence-electron chi connectivity index (χ4n) is 2.33. The number of piperidine rings is 1. The molecule has 126 valence electrons. The molecule has 1 aliphatic heterocycles. The zero-order chi connectivity index (χ0) is 16.1. The van der Waals surface area contributed by atoms with Gasteiger partial charge >= 0.3 is 12.1 Å². The molecule has 0 N–H and O–H groups in total. The molecule has 0 aromatic rings. The molecule has 0 bridgehead atoms. The van der Waals surface area contributed by atoms with Crippen LogP contribution in [0.4, 0.5) is 4.79 Å². The number of likely N-dealkylation sites (tertiary alicyclic amines) is 1. The standard InChI is InChI=1S/C15H24N2O4.ClH/c1-5-20-12(18)15(6-9-16)7-10-17(11-8-15)13(19)21-14(2,3)4;/h5-8,10-11H2,1-4H3;1H. The smallest absolute Gasteiger partial charge is 0.410 e. The first-order valence-electron chi connectivity index (χ1n) is 7.26. The summed E-state index contributed by atoms with van der Waals surface area (Å²) in [5.74, 6) is -0.338. The quantitative estimate of drug-likeness (QED) is 0.742. The highest BCUT2D eigenvalue weighted by molar-refractivity contribution is 5.85. The van der Waals surface area contributed by atoms with Gasteiger partial charge < -0.3 is 14.4 Å². The van der Waals surface area contributed by atoms with Crippen molar-refractivity contribution >= 4 is 24.5 Å². The molecule has 7 heteroatoms. The number of hydrogen-bond acceptors (Lipinski definition) is 5. The number of hydrogen-bond donors (Lipinski definition) is 0. The first-order chi connectivity index (χ1) is 9.74. The van der Waals surface area contributed by atoms with Crippen LogP contribution in [0.1, 0.15) is 47.0 Å². The van der Waals surface area contributed by atoms with Crippen LogP contribution in [0.3, 0.4) is 0 Å². The van der Waals surface area contributed by atoms with Gasteiger partial charge in [0.2, 0.25) is 0 Å². The number of rotatable bonds is 3. The number of esters is 1. The van der Waals surface area contributed by atoms with E-state index in [2.05, 4.69) is 6.07 Å². The van der Waals surface area contributed by atoms with Crippen LogP contribution >= 0.6 is 12.4 Å². The zero-order valence-corrected chi connectivity index (χ0v) is 14.5. The van der Waals surface area contributed by atoms with E-state index in [0.29, 0.717) is 32.5 Å². The maximum absolute atomic E-state index is 12.1. The fourth-order valence-corrected chi connectivity index (χ4v) is 2.33. The molecule has 0 unspecified atom stereocenters. The lowest BCUT2D eigenvalue weighted by Crippen LogP contribution is -2.48. The molecule has 1 aliphatic rings. The van der Waals surface area contributed by atoms with Crippen molar-refractivity contribution in [1.29, 1.82) is 5.26 Å². The van der Waals surface area contributed by atoms with Crippen molar-refractivity contribution in [2.75, 3.05) is 19.7 Å². The van der Waals surface area contributed by atoms with Crippen LogP contribution in [0.15, 0.2) is 0 Å². The highest BCUT2D eigenvalue weighted by atomic mass is 35.5. The molecule has 1 fully saturated rings. The minimum absolute atomic E-state index is 0. The Bertz CT molecular complexity index is 432. The summed E-state index contributed by atoms with van der Waals surface area (Å²) in [5, 5.41) is 8.97. The Morgan fingerprint density at radius 2 is 1.82 bits per heavy atom. The number of carbonyl (C=O) groups is 2. The number of ether oxygens (including phenoxy) is 2. The molecule has 1 amide bonds. The zero-order valence-electron chi connectivity index (χ0n) is 13.7. The van der Waals surface area contributed by atoms with Crippen molar-refractivity contribution < 1.29 is 19.1 Å². The van der Waals surface area contributed by atoms with Crippen molar-refractivity contribution in [2.45, 2.75) is 52.6 Å². The van der Waals surface area contributed by atoms with Crippen LogP contribution in [0.25, 0.3) is 0 Å². The van der Waals surface area contributed by atoms with Crippen LogP contribution in [0.5, 0.6) is 0 Å². The number of carbonyl (C=O) groups excluding carboxylic acids is 2. The lowest BCUT2D eigenvalue weighted by Gasteiger charge is -2.38. The third-order valence-corrected chi connectivity index (χ3v) is 3.50. The van der Waals surface area contributed by atoms with Crippen LogP contribution < -0.4 is 0 Å². The van der Waals surface area contributed by atoms with Crippen LogP contribution in [-0.2, 0) is 14.3 Å². The third kappa shape index (κ3) is 5.38. The van der Waals surface area contributed by atoms with Crippen molar-refractivity contribution in [3.63, 3.8) is 0 Å². The summed E-state index contributed by atoms with van der Waals surface area (Å²) in [6, 6.07) is 2.06. The van der Waals surface area contributed by atoms with E-state index in [1.807, 2.05) is 20.8 Å². The molecule has 0 spiro atoms. The summed E-state index contributed by atoms with van der Waals surface area (Å²) in [5.41, 5.74) is -1.33. The second kappa shape index (κ2) is 8.23. The predicted molar refractivity (Wildman–Crippen MR) is 83.6 cm³/mol. The van der Waals surface area contributed by atoms with E-state index >= 15 is 0 Å². The summed E-state index contributed by atoms with van der Waals surface area (Å²) >= 11 is 0. The summed E-state index contributed by atoms with van der Waals surface area (Å²) in [6.07, 6.45) is 0.600. The molecule has 0 aliphatic carbocycles. The maximum Gasteiger partial charge on any atom is 0.410 e. The number of nitriles is 1. The van der Waals surface area contributed by atoms with E-state index in [1.165, 1.54) is 0 Å². The van der Waals surface area contributed by atoms with Crippen molar-refractivity contribution in [1.82, 2.24) is 4.90 Å². The Morgan fingerprint density at radius 3 is 2.23 bits per heavy atom. The Kier molecular flexibility index (Phi) is 7.68. The fraction of sp³-hybridized carbons (Fsp3) is 0.800. The Balaban J connectivity index is 0.00000441. The van der Waals surface area contributed by atoms with E-state index in [1.54, 1.807) is 11.8 Å². The van der Waals surface area contributed by atoms with Gasteiger partial charge in [-0.3, -0.25) is 4.79 Å². The predicted octanol–water partition coefficient (Wildman–Crippen LogP) is 2.90. The molecule has 1 heterocycles. The maximum atomic E-state index is 12.1. The first-order valence-corrected chi connectivity index (χ1v) is 7.26. The van der Waals surface area contributed by atoms with E-state index in [0.717, 1.165) is 0 Å². The third-order valence-electron chi connectivity index (χ3n) is 3.50. The molecule has 22 heavy (non-hydrogen) atoms. The first kappa shape index (κ1) is 20.5. The largest absolute Gasteiger partial charge is 0.466 e. The molecule has 0 aromatic carbocycles. The van der Waals surface area contributed by atoms with Crippen molar-refractivity contribution in [3.05, 3.63) is 0 Å². The SMILES string of the molecule is CCOC(=O)C1(CC#N)CCN(C(=O)OC(C)(C)C)CC1.Cl. The second-order valence-electron chi connectivity index (χ2n) is 6.30. The minimum atomic E-state index is -0.788. The van der Waals surface area contributed by atoms with Crippen LogP contribution in [0, 0.1) is 16.7 Å². The lowest BCUT2D eigenvalue weighted by molar-refractivity contribution is -0.158. The highest BCUT2D eigenvalue weighted by Gasteiger charge is 2.44. The van der Waals surface area contributed by atoms with Gasteiger partial charge in [0.25, 0.3) is 0 Å². The van der Waals surface area contributed by atoms with E-state index in [-0.39, 0.29) is 30.9 Å². The van der Waals surface area contributed by atoms with Gasteiger partial charge in [0.05, 0.1) is 24.5 Å². The minimum Gasteiger partial charge on any atom is -0.466 e. The monoisotopic (exact) mass is 332 g/mol. The Morgan fingerprint density at radius 1 is 1.27 bits per heavy atom. The van der Waals surface area contributed by atoms with Gasteiger partial charge in [0.1, 0.15) is 5.60 Å².